The summed E-state index contributed by atoms with van der Waals surface area (Å²) in [6.07, 6.45) is 1.83. The van der Waals surface area contributed by atoms with Gasteiger partial charge in [-0.25, -0.2) is 4.68 Å². The molecule has 0 fully saturated rings. The van der Waals surface area contributed by atoms with Crippen LogP contribution in [-0.4, -0.2) is 57.1 Å². The zero-order valence-corrected chi connectivity index (χ0v) is 16.9. The normalized spacial score (nSPS) is 11.5. The number of rotatable bonds is 9. The number of amides is 2. The van der Waals surface area contributed by atoms with Gasteiger partial charge in [0, 0.05) is 24.7 Å². The Balaban J connectivity index is 1.72. The number of ether oxygens (including phenoxy) is 1. The molecule has 0 aliphatic heterocycles. The second-order valence-electron chi connectivity index (χ2n) is 6.63. The number of aromatic nitrogens is 4. The van der Waals surface area contributed by atoms with Gasteiger partial charge >= 0.3 is 0 Å². The summed E-state index contributed by atoms with van der Waals surface area (Å²) in [5.41, 5.74) is 1.58. The van der Waals surface area contributed by atoms with Crippen LogP contribution >= 0.6 is 0 Å². The highest BCUT2D eigenvalue weighted by Gasteiger charge is 2.28. The molecule has 2 amide bonds. The second-order valence-corrected chi connectivity index (χ2v) is 6.63. The number of hydrogen-bond acceptors (Lipinski definition) is 6. The molecule has 30 heavy (non-hydrogen) atoms. The molecule has 0 aliphatic carbocycles. The SMILES string of the molecule is CCN(CC(=O)Nc1cccc(OC)c1)C(=O)C(Cc1ccccc1)n1cnnn1. The van der Waals surface area contributed by atoms with Crippen molar-refractivity contribution in [3.8, 4) is 5.75 Å². The van der Waals surface area contributed by atoms with Gasteiger partial charge in [0.25, 0.3) is 0 Å². The maximum absolute atomic E-state index is 13.3. The Morgan fingerprint density at radius 2 is 1.97 bits per heavy atom. The minimum Gasteiger partial charge on any atom is -0.497 e. The summed E-state index contributed by atoms with van der Waals surface area (Å²) in [6.45, 7) is 2.12. The van der Waals surface area contributed by atoms with E-state index < -0.39 is 6.04 Å². The van der Waals surface area contributed by atoms with E-state index >= 15 is 0 Å². The Hall–Kier alpha value is -3.75. The van der Waals surface area contributed by atoms with E-state index in [0.717, 1.165) is 5.56 Å². The van der Waals surface area contributed by atoms with Crippen LogP contribution in [0.3, 0.4) is 0 Å². The van der Waals surface area contributed by atoms with E-state index in [9.17, 15) is 9.59 Å². The molecule has 0 saturated heterocycles. The Kier molecular flexibility index (Phi) is 7.09. The molecule has 9 nitrogen and oxygen atoms in total. The minimum atomic E-state index is -0.646. The highest BCUT2D eigenvalue weighted by molar-refractivity contribution is 5.95. The first-order valence-electron chi connectivity index (χ1n) is 9.59. The largest absolute Gasteiger partial charge is 0.497 e. The van der Waals surface area contributed by atoms with Crippen molar-refractivity contribution in [1.82, 2.24) is 25.1 Å². The molecule has 1 aromatic heterocycles. The molecule has 0 bridgehead atoms. The van der Waals surface area contributed by atoms with Crippen LogP contribution in [-0.2, 0) is 16.0 Å². The molecule has 1 N–H and O–H groups in total. The summed E-state index contributed by atoms with van der Waals surface area (Å²) >= 11 is 0. The summed E-state index contributed by atoms with van der Waals surface area (Å²) in [6, 6.07) is 16.0. The van der Waals surface area contributed by atoms with Gasteiger partial charge in [0.1, 0.15) is 18.1 Å². The van der Waals surface area contributed by atoms with Gasteiger partial charge in [-0.2, -0.15) is 0 Å². The third-order valence-corrected chi connectivity index (χ3v) is 4.62. The van der Waals surface area contributed by atoms with E-state index in [1.54, 1.807) is 31.4 Å². The number of anilines is 1. The first-order chi connectivity index (χ1) is 14.6. The molecule has 156 valence electrons. The molecule has 9 heteroatoms. The Morgan fingerprint density at radius 3 is 2.63 bits per heavy atom. The fraction of sp³-hybridized carbons (Fsp3) is 0.286. The Morgan fingerprint density at radius 1 is 1.17 bits per heavy atom. The maximum Gasteiger partial charge on any atom is 0.248 e. The monoisotopic (exact) mass is 408 g/mol. The Bertz CT molecular complexity index is 962. The van der Waals surface area contributed by atoms with Crippen LogP contribution in [0.25, 0.3) is 0 Å². The lowest BCUT2D eigenvalue weighted by atomic mass is 10.0. The standard InChI is InChI=1S/C21H24N6O3/c1-3-26(14-20(28)23-17-10-7-11-18(13-17)30-2)21(29)19(27-15-22-24-25-27)12-16-8-5-4-6-9-16/h4-11,13,15,19H,3,12,14H2,1-2H3,(H,23,28). The van der Waals surface area contributed by atoms with E-state index in [-0.39, 0.29) is 18.4 Å². The van der Waals surface area contributed by atoms with E-state index in [0.29, 0.717) is 24.4 Å². The molecule has 3 aromatic rings. The predicted octanol–water partition coefficient (Wildman–Crippen LogP) is 1.95. The van der Waals surface area contributed by atoms with Crippen LogP contribution < -0.4 is 10.1 Å². The third-order valence-electron chi connectivity index (χ3n) is 4.62. The first kappa shape index (κ1) is 21.0. The van der Waals surface area contributed by atoms with Crippen molar-refractivity contribution in [3.63, 3.8) is 0 Å². The van der Waals surface area contributed by atoms with Gasteiger partial charge in [-0.1, -0.05) is 36.4 Å². The van der Waals surface area contributed by atoms with Crippen molar-refractivity contribution in [2.75, 3.05) is 25.5 Å². The fourth-order valence-corrected chi connectivity index (χ4v) is 3.07. The lowest BCUT2D eigenvalue weighted by molar-refractivity contribution is -0.137. The van der Waals surface area contributed by atoms with Crippen LogP contribution in [0, 0.1) is 0 Å². The van der Waals surface area contributed by atoms with Crippen molar-refractivity contribution >= 4 is 17.5 Å². The van der Waals surface area contributed by atoms with E-state index in [1.165, 1.54) is 15.9 Å². The third kappa shape index (κ3) is 5.40. The number of methoxy groups -OCH3 is 1. The number of carbonyl (C=O) groups excluding carboxylic acids is 2. The van der Waals surface area contributed by atoms with Gasteiger partial charge in [-0.15, -0.1) is 5.10 Å². The average molecular weight is 408 g/mol. The molecule has 0 saturated carbocycles. The van der Waals surface area contributed by atoms with Gasteiger partial charge in [0.15, 0.2) is 0 Å². The van der Waals surface area contributed by atoms with Gasteiger partial charge < -0.3 is 15.0 Å². The van der Waals surface area contributed by atoms with Crippen LogP contribution in [0.2, 0.25) is 0 Å². The molecule has 1 unspecified atom stereocenters. The van der Waals surface area contributed by atoms with E-state index in [2.05, 4.69) is 20.8 Å². The van der Waals surface area contributed by atoms with Crippen LogP contribution in [0.1, 0.15) is 18.5 Å². The zero-order chi connectivity index (χ0) is 21.3. The molecule has 2 aromatic carbocycles. The van der Waals surface area contributed by atoms with Gasteiger partial charge in [0.05, 0.1) is 13.7 Å². The Labute approximate surface area is 174 Å². The van der Waals surface area contributed by atoms with Crippen molar-refractivity contribution < 1.29 is 14.3 Å². The summed E-state index contributed by atoms with van der Waals surface area (Å²) < 4.78 is 6.60. The van der Waals surface area contributed by atoms with Crippen LogP contribution in [0.4, 0.5) is 5.69 Å². The molecule has 0 aliphatic rings. The number of nitrogens with zero attached hydrogens (tertiary/aromatic N) is 5. The van der Waals surface area contributed by atoms with Gasteiger partial charge in [-0.3, -0.25) is 9.59 Å². The highest BCUT2D eigenvalue weighted by Crippen LogP contribution is 2.18. The predicted molar refractivity (Wildman–Crippen MR) is 111 cm³/mol. The van der Waals surface area contributed by atoms with E-state index in [4.69, 9.17) is 4.74 Å². The van der Waals surface area contributed by atoms with Gasteiger partial charge in [-0.05, 0) is 35.0 Å². The zero-order valence-electron chi connectivity index (χ0n) is 16.9. The number of nitrogens with one attached hydrogen (secondary N) is 1. The minimum absolute atomic E-state index is 0.0834. The van der Waals surface area contributed by atoms with Crippen LogP contribution in [0.5, 0.6) is 5.75 Å². The highest BCUT2D eigenvalue weighted by atomic mass is 16.5. The molecule has 3 rings (SSSR count). The summed E-state index contributed by atoms with van der Waals surface area (Å²) in [7, 11) is 1.56. The maximum atomic E-state index is 13.3. The van der Waals surface area contributed by atoms with E-state index in [1.807, 2.05) is 37.3 Å². The summed E-state index contributed by atoms with van der Waals surface area (Å²) in [4.78, 5) is 27.3. The molecule has 1 heterocycles. The number of hydrogen-bond donors (Lipinski definition) is 1. The lowest BCUT2D eigenvalue weighted by Crippen LogP contribution is -2.42. The van der Waals surface area contributed by atoms with Crippen molar-refractivity contribution in [3.05, 3.63) is 66.5 Å². The number of benzene rings is 2. The average Bonchev–Trinajstić information content (AvgIpc) is 3.31. The number of tetrazole rings is 1. The fourth-order valence-electron chi connectivity index (χ4n) is 3.07. The molecule has 0 radical (unpaired) electrons. The number of likely N-dealkylation sites (N-methyl/N-ethyl adjacent to an activating group) is 1. The molecular formula is C21H24N6O3. The quantitative estimate of drug-likeness (QED) is 0.581. The smallest absolute Gasteiger partial charge is 0.248 e. The van der Waals surface area contributed by atoms with Gasteiger partial charge in [0.2, 0.25) is 11.8 Å². The molecule has 0 spiro atoms. The second kappa shape index (κ2) is 10.1. The summed E-state index contributed by atoms with van der Waals surface area (Å²) in [5, 5.41) is 14.0. The van der Waals surface area contributed by atoms with Crippen LogP contribution in [0.15, 0.2) is 60.9 Å². The molecular weight excluding hydrogens is 384 g/mol. The summed E-state index contributed by atoms with van der Waals surface area (Å²) in [5.74, 6) is 0.112. The first-order valence-corrected chi connectivity index (χ1v) is 9.59. The topological polar surface area (TPSA) is 102 Å². The lowest BCUT2D eigenvalue weighted by Gasteiger charge is -2.25. The van der Waals surface area contributed by atoms with Crippen molar-refractivity contribution in [1.29, 1.82) is 0 Å². The van der Waals surface area contributed by atoms with Crippen molar-refractivity contribution in [2.45, 2.75) is 19.4 Å². The molecule has 1 atom stereocenters. The van der Waals surface area contributed by atoms with Crippen molar-refractivity contribution in [2.24, 2.45) is 0 Å². The number of carbonyl (C=O) groups is 2.